The Bertz CT molecular complexity index is 639. The van der Waals surface area contributed by atoms with Gasteiger partial charge in [-0.25, -0.2) is 0 Å². The zero-order valence-corrected chi connectivity index (χ0v) is 17.0. The molecule has 0 saturated carbocycles. The average Bonchev–Trinajstić information content (AvgIpc) is 2.69. The lowest BCUT2D eigenvalue weighted by atomic mass is 10.0. The minimum absolute atomic E-state index is 0.0236. The summed E-state index contributed by atoms with van der Waals surface area (Å²) in [4.78, 5) is 18.8. The Kier molecular flexibility index (Phi) is 8.06. The van der Waals surface area contributed by atoms with Gasteiger partial charge in [-0.05, 0) is 38.0 Å². The molecule has 1 heterocycles. The van der Waals surface area contributed by atoms with Gasteiger partial charge in [0, 0.05) is 37.9 Å². The average molecular weight is 376 g/mol. The number of nitrogens with one attached hydrogen (secondary N) is 3. The van der Waals surface area contributed by atoms with Gasteiger partial charge in [-0.2, -0.15) is 0 Å². The number of nitrogens with zero attached hydrogens (tertiary/aromatic N) is 2. The number of rotatable bonds is 7. The number of anilines is 1. The highest BCUT2D eigenvalue weighted by Gasteiger charge is 2.28. The summed E-state index contributed by atoms with van der Waals surface area (Å²) in [5, 5.41) is 9.31. The maximum atomic E-state index is 12.2. The van der Waals surface area contributed by atoms with Crippen LogP contribution in [-0.2, 0) is 16.0 Å². The fourth-order valence-electron chi connectivity index (χ4n) is 3.04. The molecular weight excluding hydrogens is 342 g/mol. The molecule has 1 saturated heterocycles. The molecule has 1 amide bonds. The van der Waals surface area contributed by atoms with Gasteiger partial charge in [-0.15, -0.1) is 0 Å². The Morgan fingerprint density at radius 2 is 2.00 bits per heavy atom. The molecule has 0 spiro atoms. The molecule has 0 unspecified atom stereocenters. The zero-order chi connectivity index (χ0) is 19.7. The second-order valence-electron chi connectivity index (χ2n) is 7.29. The molecule has 0 bridgehead atoms. The van der Waals surface area contributed by atoms with Crippen LogP contribution in [0.5, 0.6) is 0 Å². The van der Waals surface area contributed by atoms with Crippen LogP contribution in [0.1, 0.15) is 26.3 Å². The number of ether oxygens (including phenoxy) is 1. The predicted octanol–water partition coefficient (Wildman–Crippen LogP) is 1.46. The molecule has 1 aliphatic heterocycles. The van der Waals surface area contributed by atoms with Crippen molar-refractivity contribution in [2.45, 2.75) is 32.7 Å². The van der Waals surface area contributed by atoms with E-state index in [2.05, 4.69) is 52.7 Å². The van der Waals surface area contributed by atoms with Crippen LogP contribution in [0.3, 0.4) is 0 Å². The largest absolute Gasteiger partial charge is 0.379 e. The van der Waals surface area contributed by atoms with Crippen molar-refractivity contribution in [1.82, 2.24) is 15.5 Å². The van der Waals surface area contributed by atoms with Crippen molar-refractivity contribution in [2.24, 2.45) is 4.99 Å². The first kappa shape index (κ1) is 21.2. The quantitative estimate of drug-likeness (QED) is 0.497. The third-order valence-corrected chi connectivity index (χ3v) is 4.81. The van der Waals surface area contributed by atoms with Gasteiger partial charge in [0.25, 0.3) is 0 Å². The van der Waals surface area contributed by atoms with Gasteiger partial charge >= 0.3 is 0 Å². The first-order valence-corrected chi connectivity index (χ1v) is 9.60. The van der Waals surface area contributed by atoms with Gasteiger partial charge in [-0.1, -0.05) is 19.1 Å². The van der Waals surface area contributed by atoms with E-state index < -0.39 is 0 Å². The van der Waals surface area contributed by atoms with Crippen molar-refractivity contribution in [3.63, 3.8) is 0 Å². The summed E-state index contributed by atoms with van der Waals surface area (Å²) >= 11 is 0. The van der Waals surface area contributed by atoms with E-state index in [1.807, 2.05) is 18.2 Å². The van der Waals surface area contributed by atoms with Gasteiger partial charge in [0.15, 0.2) is 5.96 Å². The SMILES string of the molecule is CCc1cccc(NC(=O)CNC(=NC)NCC(C)(C)N2CCOCC2)c1. The molecular formula is C20H33N5O2. The van der Waals surface area contributed by atoms with Crippen LogP contribution < -0.4 is 16.0 Å². The number of amides is 1. The number of carbonyl (C=O) groups excluding carboxylic acids is 1. The first-order chi connectivity index (χ1) is 12.9. The summed E-state index contributed by atoms with van der Waals surface area (Å²) in [5.74, 6) is 0.521. The standard InChI is InChI=1S/C20H33N5O2/c1-5-16-7-6-8-17(13-16)24-18(26)14-22-19(21-4)23-15-20(2,3)25-9-11-27-12-10-25/h6-8,13H,5,9-12,14-15H2,1-4H3,(H,24,26)(H2,21,22,23). The molecule has 1 aromatic rings. The van der Waals surface area contributed by atoms with E-state index in [9.17, 15) is 4.79 Å². The van der Waals surface area contributed by atoms with Crippen LogP contribution in [0.4, 0.5) is 5.69 Å². The van der Waals surface area contributed by atoms with Crippen molar-refractivity contribution in [3.8, 4) is 0 Å². The van der Waals surface area contributed by atoms with Gasteiger partial charge in [0.1, 0.15) is 0 Å². The number of carbonyl (C=O) groups is 1. The summed E-state index contributed by atoms with van der Waals surface area (Å²) in [6, 6.07) is 7.90. The van der Waals surface area contributed by atoms with E-state index in [0.717, 1.165) is 45.0 Å². The van der Waals surface area contributed by atoms with Gasteiger partial charge in [-0.3, -0.25) is 14.7 Å². The van der Waals surface area contributed by atoms with Crippen molar-refractivity contribution >= 4 is 17.6 Å². The summed E-state index contributed by atoms with van der Waals surface area (Å²) in [6.07, 6.45) is 0.942. The van der Waals surface area contributed by atoms with Crippen molar-refractivity contribution in [3.05, 3.63) is 29.8 Å². The Labute approximate surface area is 162 Å². The molecule has 3 N–H and O–H groups in total. The monoisotopic (exact) mass is 375 g/mol. The molecule has 27 heavy (non-hydrogen) atoms. The predicted molar refractivity (Wildman–Crippen MR) is 110 cm³/mol. The van der Waals surface area contributed by atoms with E-state index in [0.29, 0.717) is 5.96 Å². The van der Waals surface area contributed by atoms with Crippen LogP contribution in [-0.4, -0.2) is 68.7 Å². The molecule has 1 fully saturated rings. The summed E-state index contributed by atoms with van der Waals surface area (Å²) in [6.45, 7) is 10.8. The van der Waals surface area contributed by atoms with Gasteiger partial charge in [0.2, 0.25) is 5.91 Å². The van der Waals surface area contributed by atoms with Crippen LogP contribution in [0.2, 0.25) is 0 Å². The molecule has 7 nitrogen and oxygen atoms in total. The molecule has 0 atom stereocenters. The number of benzene rings is 1. The summed E-state index contributed by atoms with van der Waals surface area (Å²) < 4.78 is 5.43. The van der Waals surface area contributed by atoms with E-state index in [-0.39, 0.29) is 18.0 Å². The minimum atomic E-state index is -0.0985. The smallest absolute Gasteiger partial charge is 0.243 e. The van der Waals surface area contributed by atoms with E-state index in [1.165, 1.54) is 5.56 Å². The fraction of sp³-hybridized carbons (Fsp3) is 0.600. The van der Waals surface area contributed by atoms with Crippen molar-refractivity contribution in [1.29, 1.82) is 0 Å². The molecule has 150 valence electrons. The normalized spacial score (nSPS) is 16.1. The van der Waals surface area contributed by atoms with E-state index in [4.69, 9.17) is 4.74 Å². The lowest BCUT2D eigenvalue weighted by Gasteiger charge is -2.41. The third-order valence-electron chi connectivity index (χ3n) is 4.81. The lowest BCUT2D eigenvalue weighted by Crippen LogP contribution is -2.56. The van der Waals surface area contributed by atoms with Crippen molar-refractivity contribution < 1.29 is 9.53 Å². The molecule has 7 heteroatoms. The Balaban J connectivity index is 1.78. The summed E-state index contributed by atoms with van der Waals surface area (Å²) in [5.41, 5.74) is 1.99. The zero-order valence-electron chi connectivity index (χ0n) is 17.0. The Morgan fingerprint density at radius 3 is 2.67 bits per heavy atom. The highest BCUT2D eigenvalue weighted by Crippen LogP contribution is 2.15. The van der Waals surface area contributed by atoms with E-state index >= 15 is 0 Å². The summed E-state index contributed by atoms with van der Waals surface area (Å²) in [7, 11) is 1.71. The van der Waals surface area contributed by atoms with Crippen LogP contribution >= 0.6 is 0 Å². The molecule has 2 rings (SSSR count). The number of hydrogen-bond donors (Lipinski definition) is 3. The molecule has 1 aromatic carbocycles. The molecule has 0 radical (unpaired) electrons. The Hall–Kier alpha value is -2.12. The van der Waals surface area contributed by atoms with E-state index in [1.54, 1.807) is 7.05 Å². The highest BCUT2D eigenvalue weighted by atomic mass is 16.5. The molecule has 0 aromatic heterocycles. The lowest BCUT2D eigenvalue weighted by molar-refractivity contribution is -0.115. The second-order valence-corrected chi connectivity index (χ2v) is 7.29. The molecule has 1 aliphatic rings. The van der Waals surface area contributed by atoms with Crippen molar-refractivity contribution in [2.75, 3.05) is 51.8 Å². The number of guanidine groups is 1. The van der Waals surface area contributed by atoms with Crippen LogP contribution in [0.15, 0.2) is 29.3 Å². The van der Waals surface area contributed by atoms with Gasteiger partial charge < -0.3 is 20.7 Å². The topological polar surface area (TPSA) is 78.0 Å². The van der Waals surface area contributed by atoms with Crippen LogP contribution in [0, 0.1) is 0 Å². The van der Waals surface area contributed by atoms with Gasteiger partial charge in [0.05, 0.1) is 19.8 Å². The molecule has 0 aliphatic carbocycles. The number of morpholine rings is 1. The Morgan fingerprint density at radius 1 is 1.26 bits per heavy atom. The maximum absolute atomic E-state index is 12.2. The maximum Gasteiger partial charge on any atom is 0.243 e. The number of aliphatic imine (C=N–C) groups is 1. The third kappa shape index (κ3) is 6.84. The first-order valence-electron chi connectivity index (χ1n) is 9.60. The highest BCUT2D eigenvalue weighted by molar-refractivity contribution is 5.95. The second kappa shape index (κ2) is 10.3. The van der Waals surface area contributed by atoms with Crippen LogP contribution in [0.25, 0.3) is 0 Å². The fourth-order valence-corrected chi connectivity index (χ4v) is 3.04. The number of aryl methyl sites for hydroxylation is 1. The minimum Gasteiger partial charge on any atom is -0.379 e. The number of hydrogen-bond acceptors (Lipinski definition) is 4.